The molecule has 0 spiro atoms. The molecule has 3 aromatic rings. The number of nitriles is 1. The molecular formula is C34H48N4. The lowest BCUT2D eigenvalue weighted by Crippen LogP contribution is -2.26. The van der Waals surface area contributed by atoms with Gasteiger partial charge in [0.15, 0.2) is 0 Å². The molecule has 4 heteroatoms. The van der Waals surface area contributed by atoms with Gasteiger partial charge in [-0.15, -0.1) is 0 Å². The fraction of sp³-hybridized carbons (Fsp3) is 0.500. The fourth-order valence-corrected chi connectivity index (χ4v) is 5.60. The van der Waals surface area contributed by atoms with Crippen molar-refractivity contribution < 1.29 is 0 Å². The average molecular weight is 513 g/mol. The zero-order chi connectivity index (χ0) is 27.5. The summed E-state index contributed by atoms with van der Waals surface area (Å²) in [5, 5.41) is 14.9. The van der Waals surface area contributed by atoms with Crippen molar-refractivity contribution in [1.29, 1.82) is 5.26 Å². The summed E-state index contributed by atoms with van der Waals surface area (Å²) >= 11 is 0. The van der Waals surface area contributed by atoms with Crippen LogP contribution >= 0.6 is 0 Å². The minimum Gasteiger partial charge on any atom is -0.354 e. The minimum atomic E-state index is 0.698. The third-order valence-electron chi connectivity index (χ3n) is 8.04. The van der Waals surface area contributed by atoms with Gasteiger partial charge in [-0.25, -0.2) is 0 Å². The summed E-state index contributed by atoms with van der Waals surface area (Å²) in [7, 11) is 2.08. The van der Waals surface area contributed by atoms with Crippen LogP contribution in [-0.4, -0.2) is 29.1 Å². The second kappa shape index (κ2) is 14.8. The molecule has 1 unspecified atom stereocenters. The van der Waals surface area contributed by atoms with E-state index in [0.717, 1.165) is 48.8 Å². The van der Waals surface area contributed by atoms with Crippen molar-refractivity contribution in [3.05, 3.63) is 65.4 Å². The summed E-state index contributed by atoms with van der Waals surface area (Å²) in [6.45, 7) is 14.1. The summed E-state index contributed by atoms with van der Waals surface area (Å²) in [5.41, 5.74) is 7.64. The zero-order valence-corrected chi connectivity index (χ0v) is 24.6. The third-order valence-corrected chi connectivity index (χ3v) is 8.04. The number of fused-ring (bicyclic) bond motifs is 1. The van der Waals surface area contributed by atoms with Crippen LogP contribution < -0.4 is 5.32 Å². The van der Waals surface area contributed by atoms with E-state index in [1.54, 1.807) is 0 Å². The van der Waals surface area contributed by atoms with E-state index in [1.165, 1.54) is 60.7 Å². The predicted molar refractivity (Wildman–Crippen MR) is 165 cm³/mol. The first-order chi connectivity index (χ1) is 18.5. The molecule has 2 aromatic carbocycles. The molecular weight excluding hydrogens is 464 g/mol. The number of hydrogen-bond donors (Lipinski definition) is 1. The van der Waals surface area contributed by atoms with Gasteiger partial charge in [0.2, 0.25) is 0 Å². The van der Waals surface area contributed by atoms with Crippen LogP contribution in [0.5, 0.6) is 0 Å². The Morgan fingerprint density at radius 2 is 1.89 bits per heavy atom. The molecule has 4 rings (SSSR count). The van der Waals surface area contributed by atoms with Gasteiger partial charge >= 0.3 is 0 Å². The van der Waals surface area contributed by atoms with Gasteiger partial charge < -0.3 is 9.88 Å². The summed E-state index contributed by atoms with van der Waals surface area (Å²) in [5.74, 6) is 0.852. The van der Waals surface area contributed by atoms with E-state index in [-0.39, 0.29) is 0 Å². The fourth-order valence-electron chi connectivity index (χ4n) is 5.60. The van der Waals surface area contributed by atoms with Crippen molar-refractivity contribution in [3.63, 3.8) is 0 Å². The van der Waals surface area contributed by atoms with Crippen LogP contribution in [0.1, 0.15) is 89.3 Å². The molecule has 204 valence electrons. The van der Waals surface area contributed by atoms with Crippen molar-refractivity contribution in [2.24, 2.45) is 13.0 Å². The van der Waals surface area contributed by atoms with Gasteiger partial charge in [0.05, 0.1) is 11.3 Å². The van der Waals surface area contributed by atoms with Crippen LogP contribution in [0, 0.1) is 24.2 Å². The Morgan fingerprint density at radius 3 is 2.63 bits per heavy atom. The number of hydrogen-bond acceptors (Lipinski definition) is 3. The smallest absolute Gasteiger partial charge is 0.101 e. The van der Waals surface area contributed by atoms with Crippen molar-refractivity contribution in [1.82, 2.24) is 9.47 Å². The normalized spacial score (nSPS) is 14.7. The van der Waals surface area contributed by atoms with Gasteiger partial charge in [-0.1, -0.05) is 71.6 Å². The summed E-state index contributed by atoms with van der Waals surface area (Å²) in [4.78, 5) is 2.62. The second-order valence-electron chi connectivity index (χ2n) is 10.4. The number of anilines is 2. The Bertz CT molecular complexity index is 1240. The van der Waals surface area contributed by atoms with Crippen molar-refractivity contribution in [2.75, 3.05) is 25.0 Å². The van der Waals surface area contributed by atoms with Crippen LogP contribution in [0.4, 0.5) is 11.4 Å². The number of nitrogens with one attached hydrogen (secondary N) is 1. The maximum atomic E-state index is 9.95. The topological polar surface area (TPSA) is 44.0 Å². The highest BCUT2D eigenvalue weighted by atomic mass is 15.1. The van der Waals surface area contributed by atoms with Crippen molar-refractivity contribution >= 4 is 27.9 Å². The average Bonchev–Trinajstić information content (AvgIpc) is 3.17. The molecule has 38 heavy (non-hydrogen) atoms. The maximum Gasteiger partial charge on any atom is 0.101 e. The van der Waals surface area contributed by atoms with Crippen LogP contribution in [-0.2, 0) is 7.05 Å². The van der Waals surface area contributed by atoms with E-state index in [1.807, 2.05) is 26.0 Å². The quantitative estimate of drug-likeness (QED) is 0.294. The Labute approximate surface area is 231 Å². The number of aromatic nitrogens is 1. The van der Waals surface area contributed by atoms with Crippen LogP contribution in [0.2, 0.25) is 0 Å². The first-order valence-corrected chi connectivity index (χ1v) is 14.8. The first-order valence-electron chi connectivity index (χ1n) is 14.8. The number of benzene rings is 2. The number of aryl methyl sites for hydroxylation is 2. The van der Waals surface area contributed by atoms with Gasteiger partial charge in [-0.3, -0.25) is 4.90 Å². The number of para-hydroxylation sites is 1. The van der Waals surface area contributed by atoms with E-state index in [2.05, 4.69) is 85.2 Å². The number of allylic oxidation sites excluding steroid dienone is 1. The molecule has 0 amide bonds. The van der Waals surface area contributed by atoms with Crippen molar-refractivity contribution in [3.8, 4) is 6.07 Å². The van der Waals surface area contributed by atoms with E-state index in [4.69, 9.17) is 0 Å². The Balaban J connectivity index is 0.00000195. The maximum absolute atomic E-state index is 9.95. The van der Waals surface area contributed by atoms with Gasteiger partial charge in [0, 0.05) is 41.9 Å². The van der Waals surface area contributed by atoms with E-state index >= 15 is 0 Å². The predicted octanol–water partition coefficient (Wildman–Crippen LogP) is 9.21. The molecule has 1 aromatic heterocycles. The molecule has 4 nitrogen and oxygen atoms in total. The molecule has 2 heterocycles. The first kappa shape index (κ1) is 29.5. The third kappa shape index (κ3) is 7.08. The monoisotopic (exact) mass is 512 g/mol. The van der Waals surface area contributed by atoms with Gasteiger partial charge in [0.1, 0.15) is 6.07 Å². The Kier molecular flexibility index (Phi) is 11.5. The SMILES string of the molecule is CC.CCCCC(CC)CCN1CC=C(c2cccc(C#N)c2Nc2ccc3c(ccn3C)c2C)CCC1. The van der Waals surface area contributed by atoms with Gasteiger partial charge in [-0.2, -0.15) is 5.26 Å². The van der Waals surface area contributed by atoms with E-state index in [0.29, 0.717) is 5.56 Å². The number of nitrogens with zero attached hydrogens (tertiary/aromatic N) is 3. The number of rotatable bonds is 10. The molecule has 0 saturated heterocycles. The summed E-state index contributed by atoms with van der Waals surface area (Å²) in [6, 6.07) is 15.0. The molecule has 1 atom stereocenters. The zero-order valence-electron chi connectivity index (χ0n) is 24.6. The lowest BCUT2D eigenvalue weighted by molar-refractivity contribution is 0.267. The lowest BCUT2D eigenvalue weighted by Gasteiger charge is -2.22. The molecule has 1 N–H and O–H groups in total. The van der Waals surface area contributed by atoms with E-state index < -0.39 is 0 Å². The van der Waals surface area contributed by atoms with Gasteiger partial charge in [-0.05, 0) is 80.6 Å². The van der Waals surface area contributed by atoms with Crippen molar-refractivity contribution in [2.45, 2.75) is 79.6 Å². The molecule has 0 fully saturated rings. The second-order valence-corrected chi connectivity index (χ2v) is 10.4. The molecule has 0 bridgehead atoms. The summed E-state index contributed by atoms with van der Waals surface area (Å²) in [6.07, 6.45) is 13.3. The highest BCUT2D eigenvalue weighted by Gasteiger charge is 2.18. The minimum absolute atomic E-state index is 0.698. The van der Waals surface area contributed by atoms with Crippen LogP contribution in [0.25, 0.3) is 16.5 Å². The van der Waals surface area contributed by atoms with E-state index in [9.17, 15) is 5.26 Å². The molecule has 0 radical (unpaired) electrons. The summed E-state index contributed by atoms with van der Waals surface area (Å²) < 4.78 is 2.15. The standard InChI is InChI=1S/C32H42N4.C2H6/c1-5-7-10-25(6-2)16-21-36-19-9-12-26(17-22-36)29-13-8-11-27(23-33)32(29)34-30-14-15-31-28(24(30)3)18-20-35(31)4;1-2/h8,11,13-15,17-18,20,25,34H,5-7,9-10,12,16,19,21-22H2,1-4H3;1-2H3. The Hall–Kier alpha value is -3.03. The molecule has 0 saturated carbocycles. The molecule has 1 aliphatic heterocycles. The molecule has 0 aliphatic carbocycles. The van der Waals surface area contributed by atoms with Crippen LogP contribution in [0.3, 0.4) is 0 Å². The lowest BCUT2D eigenvalue weighted by atomic mass is 9.95. The Morgan fingerprint density at radius 1 is 1.08 bits per heavy atom. The number of unbranched alkanes of at least 4 members (excludes halogenated alkanes) is 1. The highest BCUT2D eigenvalue weighted by Crippen LogP contribution is 2.36. The largest absolute Gasteiger partial charge is 0.354 e. The highest BCUT2D eigenvalue weighted by molar-refractivity contribution is 5.91. The van der Waals surface area contributed by atoms with Crippen LogP contribution in [0.15, 0.2) is 48.7 Å². The van der Waals surface area contributed by atoms with Gasteiger partial charge in [0.25, 0.3) is 0 Å². The molecule has 1 aliphatic rings.